The number of rotatable bonds is 4. The maximum absolute atomic E-state index is 12.5. The molecule has 0 unspecified atom stereocenters. The molecule has 3 rings (SSSR count). The van der Waals surface area contributed by atoms with Crippen LogP contribution in [0.2, 0.25) is 0 Å². The molecular weight excluding hydrogens is 258 g/mol. The minimum absolute atomic E-state index is 0.0246. The van der Waals surface area contributed by atoms with Crippen LogP contribution in [0.1, 0.15) is 24.7 Å². The average Bonchev–Trinajstić information content (AvgIpc) is 3.23. The van der Waals surface area contributed by atoms with E-state index in [0.717, 1.165) is 12.8 Å². The van der Waals surface area contributed by atoms with Crippen molar-refractivity contribution in [1.29, 1.82) is 0 Å². The Labute approximate surface area is 115 Å². The van der Waals surface area contributed by atoms with E-state index in [1.54, 1.807) is 10.6 Å². The predicted molar refractivity (Wildman–Crippen MR) is 74.0 cm³/mol. The summed E-state index contributed by atoms with van der Waals surface area (Å²) in [7, 11) is 0. The molecule has 1 heterocycles. The van der Waals surface area contributed by atoms with Crippen LogP contribution in [0.25, 0.3) is 10.9 Å². The Bertz CT molecular complexity index is 719. The highest BCUT2D eigenvalue weighted by Gasteiger charge is 2.28. The fourth-order valence-electron chi connectivity index (χ4n) is 2.36. The Kier molecular flexibility index (Phi) is 3.14. The fraction of sp³-hybridized carbons (Fsp3) is 0.357. The molecular formula is C14H15N3O3. The lowest BCUT2D eigenvalue weighted by Crippen LogP contribution is -2.29. The molecule has 0 spiro atoms. The van der Waals surface area contributed by atoms with Crippen molar-refractivity contribution in [1.82, 2.24) is 14.9 Å². The van der Waals surface area contributed by atoms with Gasteiger partial charge in [0.05, 0.1) is 10.9 Å². The second kappa shape index (κ2) is 4.96. The summed E-state index contributed by atoms with van der Waals surface area (Å²) < 4.78 is 1.73. The lowest BCUT2D eigenvalue weighted by molar-refractivity contribution is 0.194. The van der Waals surface area contributed by atoms with Crippen LogP contribution in [0.15, 0.2) is 29.1 Å². The molecule has 2 aromatic rings. The van der Waals surface area contributed by atoms with Crippen molar-refractivity contribution in [3.63, 3.8) is 0 Å². The molecule has 6 heteroatoms. The van der Waals surface area contributed by atoms with E-state index < -0.39 is 6.09 Å². The molecule has 1 aliphatic rings. The summed E-state index contributed by atoms with van der Waals surface area (Å²) in [6.07, 6.45) is 1.33. The van der Waals surface area contributed by atoms with E-state index in [1.165, 1.54) is 0 Å². The van der Waals surface area contributed by atoms with E-state index in [0.29, 0.717) is 23.1 Å². The maximum atomic E-state index is 12.5. The summed E-state index contributed by atoms with van der Waals surface area (Å²) in [4.78, 5) is 27.5. The first-order chi connectivity index (χ1) is 9.66. The number of fused-ring (bicyclic) bond motifs is 1. The lowest BCUT2D eigenvalue weighted by atomic mass is 10.2. The van der Waals surface area contributed by atoms with Gasteiger partial charge in [0, 0.05) is 19.0 Å². The highest BCUT2D eigenvalue weighted by atomic mass is 16.4. The molecule has 0 atom stereocenters. The van der Waals surface area contributed by atoms with E-state index in [-0.39, 0.29) is 18.1 Å². The molecule has 1 aliphatic carbocycles. The summed E-state index contributed by atoms with van der Waals surface area (Å²) in [5.74, 6) is 0.657. The first-order valence-electron chi connectivity index (χ1n) is 6.64. The van der Waals surface area contributed by atoms with E-state index >= 15 is 0 Å². The molecule has 104 valence electrons. The van der Waals surface area contributed by atoms with Gasteiger partial charge in [0.1, 0.15) is 5.82 Å². The van der Waals surface area contributed by atoms with Crippen LogP contribution < -0.4 is 10.9 Å². The highest BCUT2D eigenvalue weighted by molar-refractivity contribution is 5.77. The third-order valence-corrected chi connectivity index (χ3v) is 3.42. The number of nitrogens with one attached hydrogen (secondary N) is 1. The Morgan fingerprint density at radius 3 is 2.85 bits per heavy atom. The van der Waals surface area contributed by atoms with Gasteiger partial charge in [-0.2, -0.15) is 0 Å². The zero-order chi connectivity index (χ0) is 14.1. The molecule has 1 aromatic heterocycles. The van der Waals surface area contributed by atoms with Gasteiger partial charge in [-0.05, 0) is 25.0 Å². The predicted octanol–water partition coefficient (Wildman–Crippen LogP) is 1.54. The zero-order valence-corrected chi connectivity index (χ0v) is 10.9. The topological polar surface area (TPSA) is 84.2 Å². The fourth-order valence-corrected chi connectivity index (χ4v) is 2.36. The number of benzene rings is 1. The molecule has 0 saturated heterocycles. The standard InChI is InChI=1S/C14H15N3O3/c18-13-10-3-1-2-4-11(10)16-12(7-8-15-14(19)20)17(13)9-5-6-9/h1-4,9,15H,5-8H2,(H,19,20). The van der Waals surface area contributed by atoms with Gasteiger partial charge < -0.3 is 10.4 Å². The normalized spacial score (nSPS) is 14.4. The summed E-state index contributed by atoms with van der Waals surface area (Å²) in [6, 6.07) is 7.48. The minimum atomic E-state index is -1.06. The maximum Gasteiger partial charge on any atom is 0.404 e. The van der Waals surface area contributed by atoms with Gasteiger partial charge in [0.25, 0.3) is 5.56 Å². The lowest BCUT2D eigenvalue weighted by Gasteiger charge is -2.12. The van der Waals surface area contributed by atoms with Gasteiger partial charge in [0.15, 0.2) is 0 Å². The van der Waals surface area contributed by atoms with Crippen molar-refractivity contribution in [2.24, 2.45) is 0 Å². The molecule has 1 aromatic carbocycles. The molecule has 20 heavy (non-hydrogen) atoms. The SMILES string of the molecule is O=C(O)NCCc1nc2ccccc2c(=O)n1C1CC1. The van der Waals surface area contributed by atoms with E-state index in [2.05, 4.69) is 10.3 Å². The van der Waals surface area contributed by atoms with Crippen molar-refractivity contribution in [3.05, 3.63) is 40.4 Å². The molecule has 1 amide bonds. The number of aromatic nitrogens is 2. The van der Waals surface area contributed by atoms with Gasteiger partial charge in [-0.3, -0.25) is 9.36 Å². The van der Waals surface area contributed by atoms with Crippen LogP contribution in [0, 0.1) is 0 Å². The third kappa shape index (κ3) is 2.36. The first-order valence-corrected chi connectivity index (χ1v) is 6.64. The number of para-hydroxylation sites is 1. The zero-order valence-electron chi connectivity index (χ0n) is 10.9. The Morgan fingerprint density at radius 1 is 1.40 bits per heavy atom. The van der Waals surface area contributed by atoms with Gasteiger partial charge in [-0.25, -0.2) is 9.78 Å². The molecule has 1 saturated carbocycles. The summed E-state index contributed by atoms with van der Waals surface area (Å²) in [5.41, 5.74) is 0.642. The minimum Gasteiger partial charge on any atom is -0.465 e. The van der Waals surface area contributed by atoms with E-state index in [9.17, 15) is 9.59 Å². The molecule has 0 bridgehead atoms. The summed E-state index contributed by atoms with van der Waals surface area (Å²) in [5, 5.41) is 11.5. The smallest absolute Gasteiger partial charge is 0.404 e. The average molecular weight is 273 g/mol. The molecule has 0 radical (unpaired) electrons. The first kappa shape index (κ1) is 12.7. The van der Waals surface area contributed by atoms with Crippen molar-refractivity contribution >= 4 is 17.0 Å². The number of carbonyl (C=O) groups is 1. The van der Waals surface area contributed by atoms with Crippen LogP contribution in [-0.2, 0) is 6.42 Å². The van der Waals surface area contributed by atoms with Gasteiger partial charge in [0.2, 0.25) is 0 Å². The number of hydrogen-bond donors (Lipinski definition) is 2. The Hall–Kier alpha value is -2.37. The Morgan fingerprint density at radius 2 is 2.15 bits per heavy atom. The van der Waals surface area contributed by atoms with Crippen LogP contribution in [0.5, 0.6) is 0 Å². The third-order valence-electron chi connectivity index (χ3n) is 3.42. The quantitative estimate of drug-likeness (QED) is 0.885. The van der Waals surface area contributed by atoms with Gasteiger partial charge >= 0.3 is 6.09 Å². The number of amides is 1. The summed E-state index contributed by atoms with van der Waals surface area (Å²) >= 11 is 0. The van der Waals surface area contributed by atoms with Crippen molar-refractivity contribution < 1.29 is 9.90 Å². The van der Waals surface area contributed by atoms with Crippen LogP contribution in [0.3, 0.4) is 0 Å². The van der Waals surface area contributed by atoms with E-state index in [4.69, 9.17) is 5.11 Å². The number of hydrogen-bond acceptors (Lipinski definition) is 3. The molecule has 6 nitrogen and oxygen atoms in total. The molecule has 1 fully saturated rings. The highest BCUT2D eigenvalue weighted by Crippen LogP contribution is 2.34. The van der Waals surface area contributed by atoms with Crippen molar-refractivity contribution in [3.8, 4) is 0 Å². The van der Waals surface area contributed by atoms with E-state index in [1.807, 2.05) is 18.2 Å². The molecule has 2 N–H and O–H groups in total. The van der Waals surface area contributed by atoms with Crippen molar-refractivity contribution in [2.75, 3.05) is 6.54 Å². The summed E-state index contributed by atoms with van der Waals surface area (Å²) in [6.45, 7) is 0.257. The van der Waals surface area contributed by atoms with Crippen LogP contribution in [-0.4, -0.2) is 27.3 Å². The second-order valence-electron chi connectivity index (χ2n) is 4.93. The van der Waals surface area contributed by atoms with Gasteiger partial charge in [-0.1, -0.05) is 12.1 Å². The number of nitrogens with zero attached hydrogens (tertiary/aromatic N) is 2. The Balaban J connectivity index is 2.02. The molecule has 0 aliphatic heterocycles. The largest absolute Gasteiger partial charge is 0.465 e. The van der Waals surface area contributed by atoms with Crippen LogP contribution >= 0.6 is 0 Å². The van der Waals surface area contributed by atoms with Crippen LogP contribution in [0.4, 0.5) is 4.79 Å². The number of carboxylic acid groups (broad SMARTS) is 1. The van der Waals surface area contributed by atoms with Gasteiger partial charge in [-0.15, -0.1) is 0 Å². The monoisotopic (exact) mass is 273 g/mol. The second-order valence-corrected chi connectivity index (χ2v) is 4.93. The van der Waals surface area contributed by atoms with Crippen molar-refractivity contribution in [2.45, 2.75) is 25.3 Å².